The molecule has 0 spiro atoms. The number of H-pyrrole nitrogens is 1. The average Bonchev–Trinajstić information content (AvgIpc) is 2.81. The SMILES string of the molecule is Cc1c[nH]c2ccc(B3OC(C)C(C)(C)O3)cc12. The van der Waals surface area contributed by atoms with Gasteiger partial charge in [-0.3, -0.25) is 0 Å². The molecule has 1 saturated heterocycles. The number of aromatic nitrogens is 1. The Bertz CT molecular complexity index is 590. The first kappa shape index (κ1) is 11.8. The fourth-order valence-corrected chi connectivity index (χ4v) is 2.32. The molecule has 0 amide bonds. The lowest BCUT2D eigenvalue weighted by atomic mass is 9.78. The van der Waals surface area contributed by atoms with Crippen LogP contribution < -0.4 is 5.46 Å². The quantitative estimate of drug-likeness (QED) is 0.780. The van der Waals surface area contributed by atoms with Gasteiger partial charge in [-0.15, -0.1) is 0 Å². The maximum atomic E-state index is 5.98. The first-order chi connectivity index (χ1) is 8.47. The third-order valence-electron chi connectivity index (χ3n) is 3.90. The van der Waals surface area contributed by atoms with Crippen molar-refractivity contribution in [2.75, 3.05) is 0 Å². The molecule has 2 aromatic rings. The lowest BCUT2D eigenvalue weighted by molar-refractivity contribution is 0.0842. The Morgan fingerprint density at radius 3 is 2.78 bits per heavy atom. The molecule has 1 aromatic carbocycles. The Kier molecular flexibility index (Phi) is 2.54. The molecule has 0 saturated carbocycles. The molecule has 0 radical (unpaired) electrons. The number of nitrogens with one attached hydrogen (secondary N) is 1. The van der Waals surface area contributed by atoms with Gasteiger partial charge in [-0.25, -0.2) is 0 Å². The first-order valence-corrected chi connectivity index (χ1v) is 6.38. The topological polar surface area (TPSA) is 34.2 Å². The van der Waals surface area contributed by atoms with Crippen molar-refractivity contribution >= 4 is 23.5 Å². The van der Waals surface area contributed by atoms with Crippen LogP contribution in [-0.2, 0) is 9.31 Å². The summed E-state index contributed by atoms with van der Waals surface area (Å²) in [6.45, 7) is 8.29. The van der Waals surface area contributed by atoms with Crippen LogP contribution >= 0.6 is 0 Å². The number of rotatable bonds is 1. The molecule has 1 aliphatic heterocycles. The van der Waals surface area contributed by atoms with Crippen LogP contribution in [0.1, 0.15) is 26.3 Å². The number of aryl methyl sites for hydroxylation is 1. The van der Waals surface area contributed by atoms with Gasteiger partial charge in [0, 0.05) is 17.1 Å². The summed E-state index contributed by atoms with van der Waals surface area (Å²) < 4.78 is 11.9. The van der Waals surface area contributed by atoms with Gasteiger partial charge in [0.2, 0.25) is 0 Å². The van der Waals surface area contributed by atoms with Gasteiger partial charge in [0.15, 0.2) is 0 Å². The molecule has 1 aliphatic rings. The molecule has 3 nitrogen and oxygen atoms in total. The molecular formula is C14H18BNO2. The summed E-state index contributed by atoms with van der Waals surface area (Å²) in [6.07, 6.45) is 2.13. The van der Waals surface area contributed by atoms with E-state index < -0.39 is 0 Å². The highest BCUT2D eigenvalue weighted by Gasteiger charge is 2.43. The number of hydrogen-bond acceptors (Lipinski definition) is 2. The van der Waals surface area contributed by atoms with E-state index in [0.29, 0.717) is 0 Å². The van der Waals surface area contributed by atoms with E-state index in [-0.39, 0.29) is 18.8 Å². The second-order valence-electron chi connectivity index (χ2n) is 5.61. The Morgan fingerprint density at radius 2 is 2.11 bits per heavy atom. The highest BCUT2D eigenvalue weighted by Crippen LogP contribution is 2.27. The monoisotopic (exact) mass is 243 g/mol. The van der Waals surface area contributed by atoms with Gasteiger partial charge in [-0.1, -0.05) is 12.1 Å². The summed E-state index contributed by atoms with van der Waals surface area (Å²) >= 11 is 0. The maximum Gasteiger partial charge on any atom is 0.494 e. The van der Waals surface area contributed by atoms with Gasteiger partial charge in [-0.2, -0.15) is 0 Å². The summed E-state index contributed by atoms with van der Waals surface area (Å²) in [6, 6.07) is 6.30. The van der Waals surface area contributed by atoms with Crippen molar-refractivity contribution in [3.8, 4) is 0 Å². The maximum absolute atomic E-state index is 5.98. The molecular weight excluding hydrogens is 225 g/mol. The number of fused-ring (bicyclic) bond motifs is 1. The minimum Gasteiger partial charge on any atom is -0.402 e. The summed E-state index contributed by atoms with van der Waals surface area (Å²) in [5.74, 6) is 0. The molecule has 3 rings (SSSR count). The lowest BCUT2D eigenvalue weighted by Gasteiger charge is -2.21. The third kappa shape index (κ3) is 1.76. The van der Waals surface area contributed by atoms with Crippen LogP contribution in [0.5, 0.6) is 0 Å². The molecule has 1 fully saturated rings. The van der Waals surface area contributed by atoms with E-state index in [2.05, 4.69) is 50.9 Å². The average molecular weight is 243 g/mol. The number of benzene rings is 1. The van der Waals surface area contributed by atoms with E-state index in [0.717, 1.165) is 11.0 Å². The molecule has 4 heteroatoms. The molecule has 2 heterocycles. The molecule has 1 unspecified atom stereocenters. The minimum atomic E-state index is -0.256. The van der Waals surface area contributed by atoms with Crippen LogP contribution in [0.4, 0.5) is 0 Å². The Balaban J connectivity index is 1.98. The van der Waals surface area contributed by atoms with Crippen LogP contribution in [0.2, 0.25) is 0 Å². The van der Waals surface area contributed by atoms with E-state index in [4.69, 9.17) is 9.31 Å². The van der Waals surface area contributed by atoms with Crippen molar-refractivity contribution in [2.45, 2.75) is 39.4 Å². The number of hydrogen-bond donors (Lipinski definition) is 1. The van der Waals surface area contributed by atoms with Crippen molar-refractivity contribution in [2.24, 2.45) is 0 Å². The van der Waals surface area contributed by atoms with Crippen LogP contribution in [0.15, 0.2) is 24.4 Å². The van der Waals surface area contributed by atoms with Crippen molar-refractivity contribution in [3.05, 3.63) is 30.0 Å². The van der Waals surface area contributed by atoms with Crippen molar-refractivity contribution in [1.29, 1.82) is 0 Å². The second kappa shape index (κ2) is 3.87. The predicted octanol–water partition coefficient (Wildman–Crippen LogP) is 2.39. The van der Waals surface area contributed by atoms with Crippen molar-refractivity contribution in [3.63, 3.8) is 0 Å². The fourth-order valence-electron chi connectivity index (χ4n) is 2.32. The summed E-state index contributed by atoms with van der Waals surface area (Å²) in [4.78, 5) is 3.25. The van der Waals surface area contributed by atoms with E-state index >= 15 is 0 Å². The molecule has 94 valence electrons. The predicted molar refractivity (Wildman–Crippen MR) is 74.1 cm³/mol. The molecule has 0 bridgehead atoms. The van der Waals surface area contributed by atoms with Crippen LogP contribution in [0, 0.1) is 6.92 Å². The molecule has 0 aliphatic carbocycles. The molecule has 1 N–H and O–H groups in total. The largest absolute Gasteiger partial charge is 0.494 e. The Labute approximate surface area is 108 Å². The minimum absolute atomic E-state index is 0.102. The standard InChI is InChI=1S/C14H18BNO2/c1-9-8-16-13-6-5-11(7-12(9)13)15-17-10(2)14(3,4)18-15/h5-8,10,16H,1-4H3. The fraction of sp³-hybridized carbons (Fsp3) is 0.429. The third-order valence-corrected chi connectivity index (χ3v) is 3.90. The molecule has 1 aromatic heterocycles. The summed E-state index contributed by atoms with van der Waals surface area (Å²) in [5.41, 5.74) is 3.26. The second-order valence-corrected chi connectivity index (χ2v) is 5.61. The smallest absolute Gasteiger partial charge is 0.402 e. The van der Waals surface area contributed by atoms with Crippen molar-refractivity contribution < 1.29 is 9.31 Å². The first-order valence-electron chi connectivity index (χ1n) is 6.38. The van der Waals surface area contributed by atoms with Crippen LogP contribution in [0.25, 0.3) is 10.9 Å². The van der Waals surface area contributed by atoms with Gasteiger partial charge in [-0.05, 0) is 44.8 Å². The van der Waals surface area contributed by atoms with Gasteiger partial charge in [0.05, 0.1) is 11.7 Å². The van der Waals surface area contributed by atoms with Crippen LogP contribution in [-0.4, -0.2) is 23.8 Å². The lowest BCUT2D eigenvalue weighted by Crippen LogP contribution is -2.34. The summed E-state index contributed by atoms with van der Waals surface area (Å²) in [5, 5.41) is 1.23. The van der Waals surface area contributed by atoms with Gasteiger partial charge >= 0.3 is 7.12 Å². The van der Waals surface area contributed by atoms with E-state index in [1.807, 2.05) is 6.20 Å². The zero-order valence-electron chi connectivity index (χ0n) is 11.3. The van der Waals surface area contributed by atoms with Crippen molar-refractivity contribution in [1.82, 2.24) is 4.98 Å². The highest BCUT2D eigenvalue weighted by atomic mass is 16.7. The Morgan fingerprint density at radius 1 is 1.33 bits per heavy atom. The zero-order chi connectivity index (χ0) is 12.9. The van der Waals surface area contributed by atoms with E-state index in [1.54, 1.807) is 0 Å². The normalized spacial score (nSPS) is 22.9. The highest BCUT2D eigenvalue weighted by molar-refractivity contribution is 6.62. The van der Waals surface area contributed by atoms with E-state index in [9.17, 15) is 0 Å². The Hall–Kier alpha value is -1.26. The molecule has 1 atom stereocenters. The molecule has 18 heavy (non-hydrogen) atoms. The van der Waals surface area contributed by atoms with Crippen LogP contribution in [0.3, 0.4) is 0 Å². The van der Waals surface area contributed by atoms with Gasteiger partial charge in [0.1, 0.15) is 0 Å². The van der Waals surface area contributed by atoms with E-state index in [1.165, 1.54) is 10.9 Å². The van der Waals surface area contributed by atoms with Gasteiger partial charge < -0.3 is 14.3 Å². The van der Waals surface area contributed by atoms with Gasteiger partial charge in [0.25, 0.3) is 0 Å². The summed E-state index contributed by atoms with van der Waals surface area (Å²) in [7, 11) is -0.256. The number of aromatic amines is 1. The zero-order valence-corrected chi connectivity index (χ0v) is 11.3.